The van der Waals surface area contributed by atoms with Crippen LogP contribution in [0, 0.1) is 0 Å². The van der Waals surface area contributed by atoms with Crippen molar-refractivity contribution in [1.82, 2.24) is 30.3 Å². The van der Waals surface area contributed by atoms with Crippen LogP contribution in [0.1, 0.15) is 43.8 Å². The van der Waals surface area contributed by atoms with Crippen molar-refractivity contribution in [2.24, 2.45) is 0 Å². The number of allylic oxidation sites excluding steroid dienone is 2. The minimum atomic E-state index is 0.471. The van der Waals surface area contributed by atoms with Gasteiger partial charge in [-0.1, -0.05) is 16.7 Å². The van der Waals surface area contributed by atoms with Gasteiger partial charge in [0.1, 0.15) is 0 Å². The molecule has 0 bridgehead atoms. The van der Waals surface area contributed by atoms with Gasteiger partial charge in [-0.25, -0.2) is 4.68 Å². The molecule has 2 aliphatic rings. The fourth-order valence-corrected chi connectivity index (χ4v) is 2.57. The van der Waals surface area contributed by atoms with Crippen LogP contribution in [0.25, 0.3) is 5.57 Å². The zero-order valence-electron chi connectivity index (χ0n) is 11.4. The van der Waals surface area contributed by atoms with E-state index >= 15 is 0 Å². The lowest BCUT2D eigenvalue weighted by Crippen LogP contribution is -2.26. The summed E-state index contributed by atoms with van der Waals surface area (Å²) in [5.41, 5.74) is 2.02. The molecule has 2 aromatic rings. The summed E-state index contributed by atoms with van der Waals surface area (Å²) in [6.45, 7) is 2.57. The zero-order valence-corrected chi connectivity index (χ0v) is 11.4. The largest absolute Gasteiger partial charge is 0.334 e. The summed E-state index contributed by atoms with van der Waals surface area (Å²) >= 11 is 0. The van der Waals surface area contributed by atoms with E-state index in [-0.39, 0.29) is 0 Å². The predicted molar refractivity (Wildman–Crippen MR) is 69.7 cm³/mol. The topological polar surface area (TPSA) is 85.8 Å². The lowest BCUT2D eigenvalue weighted by molar-refractivity contribution is 0.358. The number of hydrogen-bond acceptors (Lipinski definition) is 7. The second kappa shape index (κ2) is 4.12. The van der Waals surface area contributed by atoms with Gasteiger partial charge in [0.2, 0.25) is 5.95 Å². The van der Waals surface area contributed by atoms with Crippen LogP contribution in [0.2, 0.25) is 0 Å². The maximum Gasteiger partial charge on any atom is 0.257 e. The Morgan fingerprint density at radius 2 is 2.15 bits per heavy atom. The molecule has 2 aromatic heterocycles. The van der Waals surface area contributed by atoms with Crippen molar-refractivity contribution in [3.63, 3.8) is 0 Å². The average molecular weight is 273 g/mol. The highest BCUT2D eigenvalue weighted by atomic mass is 16.5. The van der Waals surface area contributed by atoms with E-state index in [1.54, 1.807) is 4.68 Å². The molecule has 0 saturated heterocycles. The normalized spacial score (nSPS) is 19.2. The summed E-state index contributed by atoms with van der Waals surface area (Å²) in [6, 6.07) is 0. The van der Waals surface area contributed by atoms with E-state index in [1.165, 1.54) is 6.42 Å². The monoisotopic (exact) mass is 273 g/mol. The van der Waals surface area contributed by atoms with E-state index in [2.05, 4.69) is 25.7 Å². The molecule has 0 unspecified atom stereocenters. The van der Waals surface area contributed by atoms with Crippen LogP contribution in [-0.2, 0) is 6.54 Å². The number of nitrogens with zero attached hydrogens (tertiary/aromatic N) is 7. The molecule has 1 aliphatic carbocycles. The molecule has 0 spiro atoms. The van der Waals surface area contributed by atoms with Crippen molar-refractivity contribution in [1.29, 1.82) is 0 Å². The molecule has 4 rings (SSSR count). The molecular formula is C12H15N7O. The summed E-state index contributed by atoms with van der Waals surface area (Å²) in [5.74, 6) is 2.61. The number of hydrogen-bond donors (Lipinski definition) is 0. The summed E-state index contributed by atoms with van der Waals surface area (Å²) < 4.78 is 7.18. The highest BCUT2D eigenvalue weighted by Crippen LogP contribution is 2.36. The Labute approximate surface area is 115 Å². The Hall–Kier alpha value is -2.25. The average Bonchev–Trinajstić information content (AvgIpc) is 3.00. The van der Waals surface area contributed by atoms with Gasteiger partial charge in [-0.3, -0.25) is 0 Å². The Kier molecular flexibility index (Phi) is 2.38. The van der Waals surface area contributed by atoms with E-state index in [1.807, 2.05) is 18.9 Å². The molecule has 3 heterocycles. The molecule has 0 atom stereocenters. The van der Waals surface area contributed by atoms with Gasteiger partial charge in [0, 0.05) is 18.7 Å². The molecule has 104 valence electrons. The molecule has 0 N–H and O–H groups in total. The second-order valence-electron chi connectivity index (χ2n) is 5.35. The van der Waals surface area contributed by atoms with Crippen molar-refractivity contribution >= 4 is 11.5 Å². The Morgan fingerprint density at radius 1 is 1.30 bits per heavy atom. The molecule has 0 amide bonds. The summed E-state index contributed by atoms with van der Waals surface area (Å²) in [6.07, 6.45) is 3.58. The highest BCUT2D eigenvalue weighted by Gasteiger charge is 2.29. The van der Waals surface area contributed by atoms with Crippen LogP contribution < -0.4 is 4.90 Å². The van der Waals surface area contributed by atoms with E-state index in [0.717, 1.165) is 35.9 Å². The first kappa shape index (κ1) is 11.6. The molecule has 20 heavy (non-hydrogen) atoms. The van der Waals surface area contributed by atoms with Crippen molar-refractivity contribution < 1.29 is 4.52 Å². The minimum Gasteiger partial charge on any atom is -0.334 e. The third-order valence-corrected chi connectivity index (χ3v) is 4.23. The first-order valence-electron chi connectivity index (χ1n) is 6.77. The standard InChI is InChI=1S/C12H15N7O/c1-7-9(6-19-12(18(7)2)14-16-17-19)11-13-10(15-20-11)8-4-3-5-8/h8H,3-6H2,1-2H3. The van der Waals surface area contributed by atoms with Gasteiger partial charge in [0.15, 0.2) is 5.82 Å². The molecule has 0 radical (unpaired) electrons. The van der Waals surface area contributed by atoms with Gasteiger partial charge in [0.05, 0.1) is 12.1 Å². The van der Waals surface area contributed by atoms with Crippen LogP contribution in [0.15, 0.2) is 10.2 Å². The number of aromatic nitrogens is 6. The van der Waals surface area contributed by atoms with Crippen LogP contribution >= 0.6 is 0 Å². The fourth-order valence-electron chi connectivity index (χ4n) is 2.57. The third kappa shape index (κ3) is 1.57. The number of fused-ring (bicyclic) bond motifs is 1. The lowest BCUT2D eigenvalue weighted by atomic mass is 9.85. The molecule has 1 saturated carbocycles. The maximum atomic E-state index is 5.44. The Balaban J connectivity index is 1.70. The molecule has 8 heteroatoms. The van der Waals surface area contributed by atoms with Gasteiger partial charge >= 0.3 is 0 Å². The molecule has 1 aliphatic heterocycles. The number of rotatable bonds is 2. The Morgan fingerprint density at radius 3 is 2.90 bits per heavy atom. The van der Waals surface area contributed by atoms with Crippen molar-refractivity contribution in [2.45, 2.75) is 38.6 Å². The van der Waals surface area contributed by atoms with Gasteiger partial charge in [0.25, 0.3) is 5.89 Å². The van der Waals surface area contributed by atoms with E-state index < -0.39 is 0 Å². The zero-order chi connectivity index (χ0) is 13.7. The summed E-state index contributed by atoms with van der Waals surface area (Å²) in [5, 5.41) is 15.8. The van der Waals surface area contributed by atoms with Crippen molar-refractivity contribution in [3.05, 3.63) is 17.4 Å². The SMILES string of the molecule is CC1=C(c2nc(C3CCC3)no2)Cn2nnnc2N1C. The maximum absolute atomic E-state index is 5.44. The molecule has 0 aromatic carbocycles. The van der Waals surface area contributed by atoms with Crippen LogP contribution in [0.3, 0.4) is 0 Å². The van der Waals surface area contributed by atoms with Gasteiger partial charge in [-0.2, -0.15) is 4.98 Å². The third-order valence-electron chi connectivity index (χ3n) is 4.23. The van der Waals surface area contributed by atoms with Gasteiger partial charge in [-0.15, -0.1) is 0 Å². The van der Waals surface area contributed by atoms with Crippen LogP contribution in [0.4, 0.5) is 5.95 Å². The minimum absolute atomic E-state index is 0.471. The summed E-state index contributed by atoms with van der Waals surface area (Å²) in [4.78, 5) is 6.49. The quantitative estimate of drug-likeness (QED) is 0.812. The lowest BCUT2D eigenvalue weighted by Gasteiger charge is -2.25. The second-order valence-corrected chi connectivity index (χ2v) is 5.35. The molecular weight excluding hydrogens is 258 g/mol. The summed E-state index contributed by atoms with van der Waals surface area (Å²) in [7, 11) is 1.93. The van der Waals surface area contributed by atoms with E-state index in [4.69, 9.17) is 4.52 Å². The Bertz CT molecular complexity index is 682. The molecule has 1 fully saturated rings. The van der Waals surface area contributed by atoms with Crippen molar-refractivity contribution in [2.75, 3.05) is 11.9 Å². The fraction of sp³-hybridized carbons (Fsp3) is 0.583. The molecule has 8 nitrogen and oxygen atoms in total. The van der Waals surface area contributed by atoms with Gasteiger partial charge in [-0.05, 0) is 30.2 Å². The first-order chi connectivity index (χ1) is 9.74. The van der Waals surface area contributed by atoms with Gasteiger partial charge < -0.3 is 9.42 Å². The number of tetrazole rings is 1. The van der Waals surface area contributed by atoms with Crippen LogP contribution in [0.5, 0.6) is 0 Å². The van der Waals surface area contributed by atoms with E-state index in [9.17, 15) is 0 Å². The van der Waals surface area contributed by atoms with Crippen LogP contribution in [-0.4, -0.2) is 37.4 Å². The van der Waals surface area contributed by atoms with Crippen molar-refractivity contribution in [3.8, 4) is 0 Å². The smallest absolute Gasteiger partial charge is 0.257 e. The number of anilines is 1. The first-order valence-corrected chi connectivity index (χ1v) is 6.77. The highest BCUT2D eigenvalue weighted by molar-refractivity contribution is 5.68. The predicted octanol–water partition coefficient (Wildman–Crippen LogP) is 1.20. The van der Waals surface area contributed by atoms with E-state index in [0.29, 0.717) is 18.4 Å².